The van der Waals surface area contributed by atoms with Crippen LogP contribution in [0, 0.1) is 20.8 Å². The Hall–Kier alpha value is -2.40. The summed E-state index contributed by atoms with van der Waals surface area (Å²) < 4.78 is 2.07. The van der Waals surface area contributed by atoms with Gasteiger partial charge in [0.2, 0.25) is 0 Å². The third-order valence-electron chi connectivity index (χ3n) is 3.81. The summed E-state index contributed by atoms with van der Waals surface area (Å²) in [5, 5.41) is 5.58. The molecular formula is C18H19N3OS. The first-order valence-corrected chi connectivity index (χ1v) is 8.30. The minimum absolute atomic E-state index is 0.177. The van der Waals surface area contributed by atoms with Crippen LogP contribution >= 0.6 is 11.3 Å². The summed E-state index contributed by atoms with van der Waals surface area (Å²) in [4.78, 5) is 16.9. The Morgan fingerprint density at radius 3 is 2.43 bits per heavy atom. The molecular weight excluding hydrogens is 306 g/mol. The topological polar surface area (TPSA) is 46.9 Å². The predicted octanol–water partition coefficient (Wildman–Crippen LogP) is 4.33. The number of nitrogens with one attached hydrogen (secondary N) is 1. The van der Waals surface area contributed by atoms with Crippen molar-refractivity contribution in [2.45, 2.75) is 20.8 Å². The molecule has 0 aliphatic rings. The molecule has 0 unspecified atom stereocenters. The Bertz CT molecular complexity index is 856. The maximum Gasteiger partial charge on any atom is 0.275 e. The zero-order valence-corrected chi connectivity index (χ0v) is 14.5. The van der Waals surface area contributed by atoms with E-state index in [9.17, 15) is 4.79 Å². The number of rotatable bonds is 3. The molecule has 5 heteroatoms. The third-order valence-corrected chi connectivity index (χ3v) is 4.67. The van der Waals surface area contributed by atoms with Crippen LogP contribution in [0.1, 0.15) is 27.3 Å². The molecule has 0 fully saturated rings. The van der Waals surface area contributed by atoms with Crippen LogP contribution in [0.2, 0.25) is 0 Å². The molecule has 0 radical (unpaired) electrons. The fourth-order valence-electron chi connectivity index (χ4n) is 2.57. The van der Waals surface area contributed by atoms with E-state index in [-0.39, 0.29) is 5.91 Å². The zero-order valence-electron chi connectivity index (χ0n) is 13.7. The van der Waals surface area contributed by atoms with Crippen LogP contribution in [0.25, 0.3) is 10.7 Å². The Labute approximate surface area is 139 Å². The van der Waals surface area contributed by atoms with Gasteiger partial charge in [0.05, 0.1) is 5.69 Å². The van der Waals surface area contributed by atoms with Crippen molar-refractivity contribution in [3.8, 4) is 10.7 Å². The first kappa shape index (κ1) is 15.5. The van der Waals surface area contributed by atoms with Crippen LogP contribution in [0.15, 0.2) is 35.7 Å². The van der Waals surface area contributed by atoms with E-state index in [0.29, 0.717) is 5.69 Å². The number of benzene rings is 1. The highest BCUT2D eigenvalue weighted by Crippen LogP contribution is 2.25. The van der Waals surface area contributed by atoms with Crippen LogP contribution in [-0.4, -0.2) is 15.5 Å². The second kappa shape index (κ2) is 6.01. The van der Waals surface area contributed by atoms with Crippen molar-refractivity contribution in [3.05, 3.63) is 58.2 Å². The summed E-state index contributed by atoms with van der Waals surface area (Å²) in [5.41, 5.74) is 5.69. The highest BCUT2D eigenvalue weighted by molar-refractivity contribution is 7.13. The van der Waals surface area contributed by atoms with E-state index in [1.54, 1.807) is 5.38 Å². The van der Waals surface area contributed by atoms with Crippen LogP contribution in [0.5, 0.6) is 0 Å². The van der Waals surface area contributed by atoms with E-state index in [4.69, 9.17) is 0 Å². The predicted molar refractivity (Wildman–Crippen MR) is 95.1 cm³/mol. The summed E-state index contributed by atoms with van der Waals surface area (Å²) in [7, 11) is 2.00. The number of hydrogen-bond donors (Lipinski definition) is 1. The second-order valence-electron chi connectivity index (χ2n) is 5.79. The molecule has 1 aromatic carbocycles. The molecule has 0 aliphatic carbocycles. The molecule has 0 aliphatic heterocycles. The standard InChI is InChI=1S/C18H19N3OS/c1-11-7-12(2)9-14(8-11)19-17(22)15-10-23-18(20-15)16-6-5-13(3)21(16)4/h5-10H,1-4H3,(H,19,22). The van der Waals surface area contributed by atoms with Crippen molar-refractivity contribution in [1.82, 2.24) is 9.55 Å². The van der Waals surface area contributed by atoms with Gasteiger partial charge in [-0.2, -0.15) is 0 Å². The first-order chi connectivity index (χ1) is 10.9. The number of nitrogens with zero attached hydrogens (tertiary/aromatic N) is 2. The van der Waals surface area contributed by atoms with Gasteiger partial charge in [-0.3, -0.25) is 4.79 Å². The van der Waals surface area contributed by atoms with Crippen molar-refractivity contribution in [2.24, 2.45) is 7.05 Å². The van der Waals surface area contributed by atoms with Crippen LogP contribution in [0.3, 0.4) is 0 Å². The minimum Gasteiger partial charge on any atom is -0.346 e. The number of aromatic nitrogens is 2. The van der Waals surface area contributed by atoms with Gasteiger partial charge in [0.15, 0.2) is 0 Å². The molecule has 1 amide bonds. The van der Waals surface area contributed by atoms with Gasteiger partial charge in [-0.05, 0) is 56.2 Å². The van der Waals surface area contributed by atoms with Gasteiger partial charge in [-0.25, -0.2) is 4.98 Å². The first-order valence-electron chi connectivity index (χ1n) is 7.42. The summed E-state index contributed by atoms with van der Waals surface area (Å²) >= 11 is 1.48. The number of carbonyl (C=O) groups is 1. The van der Waals surface area contributed by atoms with Gasteiger partial charge in [0.1, 0.15) is 10.7 Å². The highest BCUT2D eigenvalue weighted by atomic mass is 32.1. The molecule has 2 aromatic heterocycles. The summed E-state index contributed by atoms with van der Waals surface area (Å²) in [5.74, 6) is -0.177. The monoisotopic (exact) mass is 325 g/mol. The fourth-order valence-corrected chi connectivity index (χ4v) is 3.43. The van der Waals surface area contributed by atoms with Gasteiger partial charge in [-0.15, -0.1) is 11.3 Å². The van der Waals surface area contributed by atoms with Gasteiger partial charge in [0.25, 0.3) is 5.91 Å². The Morgan fingerprint density at radius 2 is 1.83 bits per heavy atom. The van der Waals surface area contributed by atoms with Gasteiger partial charge >= 0.3 is 0 Å². The van der Waals surface area contributed by atoms with Gasteiger partial charge in [0, 0.05) is 23.8 Å². The Kier molecular flexibility index (Phi) is 4.05. The van der Waals surface area contributed by atoms with E-state index < -0.39 is 0 Å². The SMILES string of the molecule is Cc1cc(C)cc(NC(=O)c2csc(-c3ccc(C)n3C)n2)c1. The minimum atomic E-state index is -0.177. The number of carbonyl (C=O) groups excluding carboxylic acids is 1. The van der Waals surface area contributed by atoms with Gasteiger partial charge < -0.3 is 9.88 Å². The number of aryl methyl sites for hydroxylation is 3. The van der Waals surface area contributed by atoms with Crippen molar-refractivity contribution >= 4 is 22.9 Å². The van der Waals surface area contributed by atoms with Crippen LogP contribution in [-0.2, 0) is 7.05 Å². The lowest BCUT2D eigenvalue weighted by Gasteiger charge is -2.06. The van der Waals surface area contributed by atoms with E-state index >= 15 is 0 Å². The molecule has 0 spiro atoms. The molecule has 3 aromatic rings. The summed E-state index contributed by atoms with van der Waals surface area (Å²) in [6.07, 6.45) is 0. The molecule has 0 saturated heterocycles. The maximum atomic E-state index is 12.4. The van der Waals surface area contributed by atoms with Gasteiger partial charge in [-0.1, -0.05) is 6.07 Å². The van der Waals surface area contributed by atoms with Crippen molar-refractivity contribution in [3.63, 3.8) is 0 Å². The molecule has 2 heterocycles. The van der Waals surface area contributed by atoms with Crippen molar-refractivity contribution in [1.29, 1.82) is 0 Å². The molecule has 23 heavy (non-hydrogen) atoms. The largest absolute Gasteiger partial charge is 0.346 e. The molecule has 0 saturated carbocycles. The van der Waals surface area contributed by atoms with Crippen molar-refractivity contribution in [2.75, 3.05) is 5.32 Å². The van der Waals surface area contributed by atoms with E-state index in [2.05, 4.69) is 20.9 Å². The smallest absolute Gasteiger partial charge is 0.275 e. The molecule has 3 rings (SSSR count). The molecule has 0 bridgehead atoms. The normalized spacial score (nSPS) is 10.8. The number of hydrogen-bond acceptors (Lipinski definition) is 3. The quantitative estimate of drug-likeness (QED) is 0.779. The van der Waals surface area contributed by atoms with E-state index in [1.807, 2.05) is 52.1 Å². The molecule has 4 nitrogen and oxygen atoms in total. The van der Waals surface area contributed by atoms with Crippen LogP contribution in [0.4, 0.5) is 5.69 Å². The highest BCUT2D eigenvalue weighted by Gasteiger charge is 2.14. The number of thiazole rings is 1. The van der Waals surface area contributed by atoms with Crippen LogP contribution < -0.4 is 5.32 Å². The van der Waals surface area contributed by atoms with Crippen molar-refractivity contribution < 1.29 is 4.79 Å². The second-order valence-corrected chi connectivity index (χ2v) is 6.65. The third kappa shape index (κ3) is 3.19. The number of anilines is 1. The average Bonchev–Trinajstić information content (AvgIpc) is 3.06. The lowest BCUT2D eigenvalue weighted by molar-refractivity contribution is 0.102. The molecule has 1 N–H and O–H groups in total. The summed E-state index contributed by atoms with van der Waals surface area (Å²) in [6, 6.07) is 10.1. The van der Waals surface area contributed by atoms with E-state index in [1.165, 1.54) is 11.3 Å². The molecule has 118 valence electrons. The lowest BCUT2D eigenvalue weighted by Crippen LogP contribution is -2.12. The Morgan fingerprint density at radius 1 is 1.13 bits per heavy atom. The van der Waals surface area contributed by atoms with E-state index in [0.717, 1.165) is 33.2 Å². The maximum absolute atomic E-state index is 12.4. The number of amides is 1. The summed E-state index contributed by atoms with van der Waals surface area (Å²) in [6.45, 7) is 6.08. The fraction of sp³-hybridized carbons (Fsp3) is 0.222. The lowest BCUT2D eigenvalue weighted by atomic mass is 10.1. The molecule has 0 atom stereocenters. The zero-order chi connectivity index (χ0) is 16.6. The average molecular weight is 325 g/mol. The Balaban J connectivity index is 1.82.